The molecule has 8 heteroatoms. The van der Waals surface area contributed by atoms with Gasteiger partial charge in [-0.2, -0.15) is 0 Å². The highest BCUT2D eigenvalue weighted by atomic mass is 16.5. The number of nitrogens with zero attached hydrogens (tertiary/aromatic N) is 1. The monoisotopic (exact) mass is 562 g/mol. The Morgan fingerprint density at radius 3 is 2.36 bits per heavy atom. The van der Waals surface area contributed by atoms with Gasteiger partial charge < -0.3 is 9.84 Å². The number of nitrogens with one attached hydrogen (secondary N) is 1. The Bertz CT molecular complexity index is 1650. The van der Waals surface area contributed by atoms with Gasteiger partial charge in [-0.05, 0) is 49.4 Å². The number of aromatic hydroxyl groups is 1. The highest BCUT2D eigenvalue weighted by molar-refractivity contribution is 6.24. The SMILES string of the molecule is C[C@@]12C(=O)N(c3ccccc3)C(=O)[C@@H]1C[C@@H]1C(=CC[C@@H]3C(=O)NC(=O)[C@@H]31)[C@@H]2c1ccc(OCc2ccccc2)cc1O. The minimum absolute atomic E-state index is 0.0560. The van der Waals surface area contributed by atoms with Crippen molar-refractivity contribution in [3.8, 4) is 11.5 Å². The van der Waals surface area contributed by atoms with Gasteiger partial charge in [0.1, 0.15) is 18.1 Å². The topological polar surface area (TPSA) is 113 Å². The van der Waals surface area contributed by atoms with Crippen molar-refractivity contribution in [1.29, 1.82) is 0 Å². The van der Waals surface area contributed by atoms with E-state index in [9.17, 15) is 24.3 Å². The number of benzene rings is 3. The summed E-state index contributed by atoms with van der Waals surface area (Å²) in [7, 11) is 0. The smallest absolute Gasteiger partial charge is 0.241 e. The molecule has 2 N–H and O–H groups in total. The Balaban J connectivity index is 1.32. The molecule has 212 valence electrons. The van der Waals surface area contributed by atoms with E-state index in [1.165, 1.54) is 11.0 Å². The highest BCUT2D eigenvalue weighted by Crippen LogP contribution is 2.64. The maximum atomic E-state index is 14.4. The first-order valence-electron chi connectivity index (χ1n) is 14.3. The molecule has 4 aliphatic rings. The van der Waals surface area contributed by atoms with Gasteiger partial charge in [0.25, 0.3) is 0 Å². The van der Waals surface area contributed by atoms with Gasteiger partial charge in [0.15, 0.2) is 0 Å². The molecular weight excluding hydrogens is 532 g/mol. The zero-order valence-electron chi connectivity index (χ0n) is 23.0. The molecule has 4 amide bonds. The number of rotatable bonds is 5. The van der Waals surface area contributed by atoms with Gasteiger partial charge in [0.2, 0.25) is 23.6 Å². The number of para-hydroxylation sites is 1. The number of carbonyl (C=O) groups is 4. The van der Waals surface area contributed by atoms with Crippen LogP contribution in [0.1, 0.15) is 36.8 Å². The minimum atomic E-state index is -1.22. The van der Waals surface area contributed by atoms with Crippen LogP contribution in [0, 0.1) is 29.1 Å². The van der Waals surface area contributed by atoms with Crippen molar-refractivity contribution < 1.29 is 29.0 Å². The Kier molecular flexibility index (Phi) is 6.04. The summed E-state index contributed by atoms with van der Waals surface area (Å²) in [6, 6.07) is 23.6. The molecule has 2 aliphatic carbocycles. The van der Waals surface area contributed by atoms with E-state index in [0.29, 0.717) is 30.0 Å². The molecule has 2 aliphatic heterocycles. The first kappa shape index (κ1) is 26.2. The van der Waals surface area contributed by atoms with Crippen molar-refractivity contribution >= 4 is 29.3 Å². The number of imide groups is 2. The summed E-state index contributed by atoms with van der Waals surface area (Å²) in [5, 5.41) is 13.9. The predicted molar refractivity (Wildman–Crippen MR) is 153 cm³/mol. The number of allylic oxidation sites excluding steroid dienone is 2. The quantitative estimate of drug-likeness (QED) is 0.350. The lowest BCUT2D eigenvalue weighted by Gasteiger charge is -2.49. The summed E-state index contributed by atoms with van der Waals surface area (Å²) in [4.78, 5) is 55.3. The van der Waals surface area contributed by atoms with E-state index in [1.54, 1.807) is 43.3 Å². The Morgan fingerprint density at radius 2 is 1.64 bits per heavy atom. The maximum absolute atomic E-state index is 14.4. The third kappa shape index (κ3) is 3.81. The second-order valence-electron chi connectivity index (χ2n) is 11.8. The van der Waals surface area contributed by atoms with Crippen LogP contribution < -0.4 is 15.0 Å². The van der Waals surface area contributed by atoms with Crippen molar-refractivity contribution in [3.63, 3.8) is 0 Å². The van der Waals surface area contributed by atoms with Crippen molar-refractivity contribution in [1.82, 2.24) is 5.32 Å². The molecule has 2 saturated heterocycles. The first-order valence-corrected chi connectivity index (χ1v) is 14.3. The normalized spacial score (nSPS) is 29.9. The molecule has 0 aromatic heterocycles. The Labute approximate surface area is 243 Å². The molecule has 0 spiro atoms. The van der Waals surface area contributed by atoms with Crippen LogP contribution in [0.5, 0.6) is 11.5 Å². The number of amides is 4. The van der Waals surface area contributed by atoms with E-state index in [4.69, 9.17) is 4.74 Å². The fourth-order valence-corrected chi connectivity index (χ4v) is 7.69. The lowest BCUT2D eigenvalue weighted by atomic mass is 9.51. The fourth-order valence-electron chi connectivity index (χ4n) is 7.69. The lowest BCUT2D eigenvalue weighted by molar-refractivity contribution is -0.131. The van der Waals surface area contributed by atoms with Crippen LogP contribution in [0.25, 0.3) is 0 Å². The van der Waals surface area contributed by atoms with Gasteiger partial charge in [-0.15, -0.1) is 0 Å². The second kappa shape index (κ2) is 9.69. The zero-order valence-corrected chi connectivity index (χ0v) is 23.0. The van der Waals surface area contributed by atoms with E-state index < -0.39 is 35.0 Å². The first-order chi connectivity index (χ1) is 20.3. The number of ether oxygens (including phenoxy) is 1. The van der Waals surface area contributed by atoms with Gasteiger partial charge in [0, 0.05) is 17.5 Å². The van der Waals surface area contributed by atoms with Gasteiger partial charge in [0.05, 0.1) is 28.9 Å². The summed E-state index contributed by atoms with van der Waals surface area (Å²) in [5.41, 5.74) is 1.56. The van der Waals surface area contributed by atoms with Crippen LogP contribution in [0.2, 0.25) is 0 Å². The van der Waals surface area contributed by atoms with E-state index >= 15 is 0 Å². The lowest BCUT2D eigenvalue weighted by Crippen LogP contribution is -2.48. The molecule has 1 saturated carbocycles. The number of anilines is 1. The van der Waals surface area contributed by atoms with E-state index in [1.807, 2.05) is 42.5 Å². The zero-order chi connectivity index (χ0) is 29.2. The van der Waals surface area contributed by atoms with Crippen LogP contribution in [-0.4, -0.2) is 28.7 Å². The van der Waals surface area contributed by atoms with Gasteiger partial charge in [-0.1, -0.05) is 66.2 Å². The van der Waals surface area contributed by atoms with E-state index in [-0.39, 0.29) is 35.8 Å². The molecule has 3 aromatic carbocycles. The van der Waals surface area contributed by atoms with Crippen molar-refractivity contribution in [2.75, 3.05) is 4.90 Å². The molecule has 42 heavy (non-hydrogen) atoms. The van der Waals surface area contributed by atoms with Crippen molar-refractivity contribution in [2.24, 2.45) is 29.1 Å². The maximum Gasteiger partial charge on any atom is 0.241 e. The van der Waals surface area contributed by atoms with Crippen molar-refractivity contribution in [2.45, 2.75) is 32.3 Å². The highest BCUT2D eigenvalue weighted by Gasteiger charge is 2.67. The Hall–Kier alpha value is -4.72. The number of carbonyl (C=O) groups excluding carboxylic acids is 4. The van der Waals surface area contributed by atoms with Crippen LogP contribution in [0.4, 0.5) is 5.69 Å². The number of phenols is 1. The summed E-state index contributed by atoms with van der Waals surface area (Å²) < 4.78 is 5.94. The Morgan fingerprint density at radius 1 is 0.929 bits per heavy atom. The molecular formula is C34H30N2O6. The van der Waals surface area contributed by atoms with Gasteiger partial charge in [-0.25, -0.2) is 4.90 Å². The molecule has 8 nitrogen and oxygen atoms in total. The van der Waals surface area contributed by atoms with Gasteiger partial charge in [-0.3, -0.25) is 24.5 Å². The van der Waals surface area contributed by atoms with Crippen LogP contribution >= 0.6 is 0 Å². The third-order valence-electron chi connectivity index (χ3n) is 9.69. The number of hydrogen-bond donors (Lipinski definition) is 2. The molecule has 0 bridgehead atoms. The summed E-state index contributed by atoms with van der Waals surface area (Å²) in [5.74, 6) is -3.86. The standard InChI is InChI=1S/C34H30N2O6/c1-34-26(32(40)36(33(34)41)20-10-6-3-7-11-20)17-25-22(14-15-24-28(25)31(39)35-30(24)38)29(34)23-13-12-21(16-27(23)37)42-18-19-8-4-2-5-9-19/h2-14,16,24-26,28-29,37H,15,17-18H2,1H3,(H,35,38,39)/t24-,25+,26-,28-,29+,34+/m0/s1. The number of phenolic OH excluding ortho intramolecular Hbond substituents is 1. The molecule has 6 atom stereocenters. The average Bonchev–Trinajstić information content (AvgIpc) is 3.40. The predicted octanol–water partition coefficient (Wildman–Crippen LogP) is 4.49. The molecule has 2 heterocycles. The fraction of sp³-hybridized carbons (Fsp3) is 0.294. The summed E-state index contributed by atoms with van der Waals surface area (Å²) in [6.07, 6.45) is 2.58. The second-order valence-corrected chi connectivity index (χ2v) is 11.8. The van der Waals surface area contributed by atoms with Crippen LogP contribution in [0.3, 0.4) is 0 Å². The third-order valence-corrected chi connectivity index (χ3v) is 9.69. The minimum Gasteiger partial charge on any atom is -0.508 e. The molecule has 0 unspecified atom stereocenters. The van der Waals surface area contributed by atoms with Crippen LogP contribution in [-0.2, 0) is 25.8 Å². The number of fused-ring (bicyclic) bond motifs is 4. The molecule has 7 rings (SSSR count). The largest absolute Gasteiger partial charge is 0.508 e. The molecule has 3 aromatic rings. The molecule has 0 radical (unpaired) electrons. The summed E-state index contributed by atoms with van der Waals surface area (Å²) in [6.45, 7) is 2.12. The number of hydrogen-bond acceptors (Lipinski definition) is 6. The van der Waals surface area contributed by atoms with E-state index in [0.717, 1.165) is 11.1 Å². The average molecular weight is 563 g/mol. The van der Waals surface area contributed by atoms with E-state index in [2.05, 4.69) is 5.32 Å². The summed E-state index contributed by atoms with van der Waals surface area (Å²) >= 11 is 0. The van der Waals surface area contributed by atoms with Crippen molar-refractivity contribution in [3.05, 3.63) is 102 Å². The van der Waals surface area contributed by atoms with Gasteiger partial charge >= 0.3 is 0 Å². The van der Waals surface area contributed by atoms with Crippen LogP contribution in [0.15, 0.2) is 90.5 Å². The molecule has 3 fully saturated rings.